The van der Waals surface area contributed by atoms with Gasteiger partial charge in [-0.1, -0.05) is 13.8 Å². The minimum Gasteiger partial charge on any atom is -0.508 e. The Bertz CT molecular complexity index is 468. The van der Waals surface area contributed by atoms with Gasteiger partial charge in [0.15, 0.2) is 0 Å². The van der Waals surface area contributed by atoms with Gasteiger partial charge in [0.2, 0.25) is 0 Å². The molecule has 0 aliphatic rings. The third kappa shape index (κ3) is 8.67. The molecule has 0 saturated carbocycles. The average molecular weight is 346 g/mol. The molecule has 0 amide bonds. The molecule has 2 N–H and O–H groups in total. The van der Waals surface area contributed by atoms with Crippen LogP contribution in [-0.2, 0) is 9.53 Å². The van der Waals surface area contributed by atoms with Gasteiger partial charge < -0.3 is 19.9 Å². The van der Waals surface area contributed by atoms with Crippen molar-refractivity contribution in [1.82, 2.24) is 5.32 Å². The summed E-state index contributed by atoms with van der Waals surface area (Å²) in [6, 6.07) is 6.75. The number of phenolic OH excluding ortho intramolecular Hbond substituents is 1. The van der Waals surface area contributed by atoms with E-state index in [9.17, 15) is 9.90 Å². The van der Waals surface area contributed by atoms with Crippen molar-refractivity contribution in [1.29, 1.82) is 0 Å². The first kappa shape index (κ1) is 21.5. The molecule has 6 heteroatoms. The van der Waals surface area contributed by atoms with Crippen molar-refractivity contribution in [3.8, 4) is 11.5 Å². The predicted octanol–water partition coefficient (Wildman–Crippen LogP) is 3.15. The van der Waals surface area contributed by atoms with Crippen LogP contribution >= 0.6 is 12.4 Å². The van der Waals surface area contributed by atoms with Crippen LogP contribution in [0.2, 0.25) is 0 Å². The van der Waals surface area contributed by atoms with E-state index >= 15 is 0 Å². The third-order valence-corrected chi connectivity index (χ3v) is 2.91. The van der Waals surface area contributed by atoms with Gasteiger partial charge in [-0.05, 0) is 45.0 Å². The third-order valence-electron chi connectivity index (χ3n) is 2.91. The van der Waals surface area contributed by atoms with E-state index in [1.807, 2.05) is 34.6 Å². The maximum Gasteiger partial charge on any atom is 0.311 e. The first-order chi connectivity index (χ1) is 10.2. The Morgan fingerprint density at radius 1 is 1.22 bits per heavy atom. The number of nitrogens with one attached hydrogen (secondary N) is 1. The second-order valence-corrected chi connectivity index (χ2v) is 6.65. The lowest BCUT2D eigenvalue weighted by Gasteiger charge is -2.24. The van der Waals surface area contributed by atoms with Crippen LogP contribution < -0.4 is 10.1 Å². The Kier molecular flexibility index (Phi) is 9.02. The number of esters is 1. The molecule has 23 heavy (non-hydrogen) atoms. The Morgan fingerprint density at radius 2 is 1.78 bits per heavy atom. The van der Waals surface area contributed by atoms with Gasteiger partial charge in [-0.25, -0.2) is 0 Å². The molecule has 132 valence electrons. The molecule has 1 aromatic carbocycles. The van der Waals surface area contributed by atoms with E-state index in [0.717, 1.165) is 0 Å². The summed E-state index contributed by atoms with van der Waals surface area (Å²) < 4.78 is 11.2. The molecule has 0 heterocycles. The van der Waals surface area contributed by atoms with E-state index in [-0.39, 0.29) is 36.8 Å². The molecule has 0 aromatic heterocycles. The molecule has 5 nitrogen and oxygen atoms in total. The van der Waals surface area contributed by atoms with Crippen LogP contribution in [0.1, 0.15) is 34.6 Å². The van der Waals surface area contributed by atoms with Gasteiger partial charge in [-0.2, -0.15) is 0 Å². The van der Waals surface area contributed by atoms with Gasteiger partial charge in [-0.3, -0.25) is 4.79 Å². The SMILES string of the molecule is CC(C)NCC(COc1ccc(O)cc1)OC(=O)C(C)(C)C.Cl. The zero-order chi connectivity index (χ0) is 16.8. The zero-order valence-electron chi connectivity index (χ0n) is 14.5. The summed E-state index contributed by atoms with van der Waals surface area (Å²) in [5, 5.41) is 12.5. The van der Waals surface area contributed by atoms with Crippen LogP contribution in [0.15, 0.2) is 24.3 Å². The van der Waals surface area contributed by atoms with Crippen molar-refractivity contribution >= 4 is 18.4 Å². The van der Waals surface area contributed by atoms with Crippen molar-refractivity contribution in [3.63, 3.8) is 0 Å². The van der Waals surface area contributed by atoms with E-state index in [1.54, 1.807) is 24.3 Å². The summed E-state index contributed by atoms with van der Waals surface area (Å²) >= 11 is 0. The number of halogens is 1. The van der Waals surface area contributed by atoms with Gasteiger partial charge in [0.25, 0.3) is 0 Å². The predicted molar refractivity (Wildman–Crippen MR) is 93.3 cm³/mol. The number of carbonyl (C=O) groups is 1. The molecule has 0 spiro atoms. The van der Waals surface area contributed by atoms with Crippen LogP contribution in [0.4, 0.5) is 0 Å². The topological polar surface area (TPSA) is 67.8 Å². The lowest BCUT2D eigenvalue weighted by Crippen LogP contribution is -2.40. The molecule has 1 unspecified atom stereocenters. The largest absolute Gasteiger partial charge is 0.508 e. The normalized spacial score (nSPS) is 12.4. The fraction of sp³-hybridized carbons (Fsp3) is 0.588. The number of aromatic hydroxyl groups is 1. The second-order valence-electron chi connectivity index (χ2n) is 6.65. The molecule has 0 saturated heterocycles. The first-order valence-corrected chi connectivity index (χ1v) is 7.55. The second kappa shape index (κ2) is 9.63. The smallest absolute Gasteiger partial charge is 0.311 e. The molecular weight excluding hydrogens is 318 g/mol. The van der Waals surface area contributed by atoms with Gasteiger partial charge in [0, 0.05) is 12.6 Å². The van der Waals surface area contributed by atoms with Crippen LogP contribution in [-0.4, -0.2) is 36.4 Å². The highest BCUT2D eigenvalue weighted by atomic mass is 35.5. The Hall–Kier alpha value is -1.46. The summed E-state index contributed by atoms with van der Waals surface area (Å²) in [6.07, 6.45) is -0.372. The maximum atomic E-state index is 12.0. The number of benzene rings is 1. The summed E-state index contributed by atoms with van der Waals surface area (Å²) in [4.78, 5) is 12.0. The van der Waals surface area contributed by atoms with Gasteiger partial charge >= 0.3 is 5.97 Å². The molecule has 0 aliphatic heterocycles. The summed E-state index contributed by atoms with van der Waals surface area (Å²) in [5.74, 6) is 0.557. The number of rotatable bonds is 7. The number of hydrogen-bond donors (Lipinski definition) is 2. The molecular formula is C17H28ClNO4. The van der Waals surface area contributed by atoms with Gasteiger partial charge in [0.05, 0.1) is 5.41 Å². The van der Waals surface area contributed by atoms with E-state index in [2.05, 4.69) is 5.32 Å². The Balaban J connectivity index is 0.00000484. The standard InChI is InChI=1S/C17H27NO4.ClH/c1-12(2)18-10-15(22-16(20)17(3,4)5)11-21-14-8-6-13(19)7-9-14;/h6-9,12,15,18-19H,10-11H2,1-5H3;1H. The monoisotopic (exact) mass is 345 g/mol. The summed E-state index contributed by atoms with van der Waals surface area (Å²) in [7, 11) is 0. The van der Waals surface area contributed by atoms with Gasteiger partial charge in [0.1, 0.15) is 24.2 Å². The molecule has 1 rings (SSSR count). The fourth-order valence-electron chi connectivity index (χ4n) is 1.56. The van der Waals surface area contributed by atoms with E-state index in [4.69, 9.17) is 9.47 Å². The highest BCUT2D eigenvalue weighted by molar-refractivity contribution is 5.85. The van der Waals surface area contributed by atoms with Crippen molar-refractivity contribution < 1.29 is 19.4 Å². The number of carbonyl (C=O) groups excluding carboxylic acids is 1. The molecule has 0 bridgehead atoms. The minimum absolute atomic E-state index is 0. The van der Waals surface area contributed by atoms with E-state index in [1.165, 1.54) is 0 Å². The quantitative estimate of drug-likeness (QED) is 0.743. The molecule has 0 aliphatic carbocycles. The van der Waals surface area contributed by atoms with Crippen molar-refractivity contribution in [3.05, 3.63) is 24.3 Å². The van der Waals surface area contributed by atoms with Crippen molar-refractivity contribution in [2.45, 2.75) is 46.8 Å². The zero-order valence-corrected chi connectivity index (χ0v) is 15.3. The van der Waals surface area contributed by atoms with Crippen molar-refractivity contribution in [2.24, 2.45) is 5.41 Å². The lowest BCUT2D eigenvalue weighted by atomic mass is 9.97. The molecule has 1 aromatic rings. The number of hydrogen-bond acceptors (Lipinski definition) is 5. The highest BCUT2D eigenvalue weighted by Gasteiger charge is 2.26. The van der Waals surface area contributed by atoms with Crippen LogP contribution in [0.3, 0.4) is 0 Å². The van der Waals surface area contributed by atoms with Crippen molar-refractivity contribution in [2.75, 3.05) is 13.2 Å². The number of ether oxygens (including phenoxy) is 2. The summed E-state index contributed by atoms with van der Waals surface area (Å²) in [6.45, 7) is 10.3. The minimum atomic E-state index is -0.547. The van der Waals surface area contributed by atoms with E-state index < -0.39 is 5.41 Å². The molecule has 1 atom stereocenters. The lowest BCUT2D eigenvalue weighted by molar-refractivity contribution is -0.159. The Labute approximate surface area is 144 Å². The highest BCUT2D eigenvalue weighted by Crippen LogP contribution is 2.18. The molecule has 0 fully saturated rings. The van der Waals surface area contributed by atoms with E-state index in [0.29, 0.717) is 18.3 Å². The Morgan fingerprint density at radius 3 is 2.26 bits per heavy atom. The van der Waals surface area contributed by atoms with Crippen LogP contribution in [0.5, 0.6) is 11.5 Å². The van der Waals surface area contributed by atoms with Crippen LogP contribution in [0, 0.1) is 5.41 Å². The summed E-state index contributed by atoms with van der Waals surface area (Å²) in [5.41, 5.74) is -0.547. The fourth-order valence-corrected chi connectivity index (χ4v) is 1.56. The number of phenols is 1. The molecule has 0 radical (unpaired) electrons. The van der Waals surface area contributed by atoms with Gasteiger partial charge in [-0.15, -0.1) is 12.4 Å². The average Bonchev–Trinajstić information content (AvgIpc) is 2.42. The van der Waals surface area contributed by atoms with Crippen LogP contribution in [0.25, 0.3) is 0 Å². The maximum absolute atomic E-state index is 12.0. The first-order valence-electron chi connectivity index (χ1n) is 7.55.